The molecule has 9 heterocycles. The SMILES string of the molecule is CCc1cc2c(cc1N1CCC(N3CCOCC3)CC1)C(C)(C)c1[nH]c3cc(C#N)ccc3c1C2=O.COc1cc(N2CCC(N3CCN(C)CC3)CC2)ccc1Nc1ncc(Cl)c(Nc2ccccc2S(=O)(=O)C(C)C)n1.C[C@@H](Oc1cc(-c2cnn(C3CCNCC3)c2)cnc1N)c1c(Cl)ccc(F)c1Cl. The van der Waals surface area contributed by atoms with Crippen molar-refractivity contribution in [1.82, 2.24) is 49.7 Å². The molecule has 108 heavy (non-hydrogen) atoms. The summed E-state index contributed by atoms with van der Waals surface area (Å²) in [7, 11) is 0.320. The molecule has 0 radical (unpaired) electrons. The minimum Gasteiger partial charge on any atom is -0.494 e. The number of anilines is 7. The summed E-state index contributed by atoms with van der Waals surface area (Å²) in [5.41, 5.74) is 17.6. The Morgan fingerprint density at radius 2 is 1.47 bits per heavy atom. The van der Waals surface area contributed by atoms with Gasteiger partial charge in [0.15, 0.2) is 33.0 Å². The fourth-order valence-electron chi connectivity index (χ4n) is 15.7. The lowest BCUT2D eigenvalue weighted by atomic mass is 9.70. The topological polar surface area (TPSA) is 253 Å². The summed E-state index contributed by atoms with van der Waals surface area (Å²) >= 11 is 18.7. The van der Waals surface area contributed by atoms with Gasteiger partial charge < -0.3 is 55.6 Å². The minimum atomic E-state index is -3.52. The van der Waals surface area contributed by atoms with Crippen LogP contribution in [0.25, 0.3) is 22.0 Å². The number of nitrogens with zero attached hydrogens (tertiary/aromatic N) is 11. The van der Waals surface area contributed by atoms with Gasteiger partial charge in [0, 0.05) is 157 Å². The molecule has 0 bridgehead atoms. The molecule has 5 aliphatic heterocycles. The fourth-order valence-corrected chi connectivity index (χ4v) is 17.7. The number of ether oxygens (including phenoxy) is 3. The third kappa shape index (κ3) is 16.8. The minimum absolute atomic E-state index is 0.0686. The van der Waals surface area contributed by atoms with Crippen LogP contribution in [0.1, 0.15) is 136 Å². The van der Waals surface area contributed by atoms with Gasteiger partial charge in [0.1, 0.15) is 22.7 Å². The molecule has 0 unspecified atom stereocenters. The molecule has 5 fully saturated rings. The van der Waals surface area contributed by atoms with Gasteiger partial charge in [-0.2, -0.15) is 15.3 Å². The molecule has 570 valence electrons. The van der Waals surface area contributed by atoms with Gasteiger partial charge >= 0.3 is 0 Å². The number of rotatable bonds is 17. The first kappa shape index (κ1) is 77.5. The molecule has 5 saturated heterocycles. The van der Waals surface area contributed by atoms with E-state index in [9.17, 15) is 22.9 Å². The number of morpholine rings is 1. The molecule has 27 heteroatoms. The van der Waals surface area contributed by atoms with Crippen molar-refractivity contribution in [1.29, 1.82) is 5.26 Å². The van der Waals surface area contributed by atoms with E-state index in [1.54, 1.807) is 70.5 Å². The maximum absolute atomic E-state index is 13.9. The molecule has 15 rings (SSSR count). The summed E-state index contributed by atoms with van der Waals surface area (Å²) in [6.07, 6.45) is 14.0. The van der Waals surface area contributed by atoms with Crippen LogP contribution in [0.15, 0.2) is 121 Å². The zero-order valence-electron chi connectivity index (χ0n) is 62.6. The van der Waals surface area contributed by atoms with E-state index < -0.39 is 27.0 Å². The van der Waals surface area contributed by atoms with Crippen LogP contribution >= 0.6 is 34.8 Å². The lowest BCUT2D eigenvalue weighted by Gasteiger charge is -2.42. The van der Waals surface area contributed by atoms with Gasteiger partial charge in [0.25, 0.3) is 0 Å². The van der Waals surface area contributed by atoms with Crippen LogP contribution < -0.4 is 41.0 Å². The van der Waals surface area contributed by atoms with E-state index in [2.05, 4.69) is 118 Å². The Balaban J connectivity index is 0.000000145. The smallest absolute Gasteiger partial charge is 0.229 e. The van der Waals surface area contributed by atoms with Crippen molar-refractivity contribution in [2.24, 2.45) is 0 Å². The average molecular weight is 1550 g/mol. The highest BCUT2D eigenvalue weighted by atomic mass is 35.5. The molecular formula is C81H96Cl3FN16O6S. The number of carbonyl (C=O) groups is 1. The van der Waals surface area contributed by atoms with Crippen LogP contribution in [0.5, 0.6) is 11.5 Å². The number of aromatic nitrogens is 6. The number of nitrogens with one attached hydrogen (secondary N) is 4. The van der Waals surface area contributed by atoms with Crippen LogP contribution in [-0.4, -0.2) is 182 Å². The lowest BCUT2D eigenvalue weighted by Crippen LogP contribution is -2.52. The summed E-state index contributed by atoms with van der Waals surface area (Å²) < 4.78 is 59.0. The zero-order chi connectivity index (χ0) is 76.1. The quantitative estimate of drug-likeness (QED) is 0.0531. The van der Waals surface area contributed by atoms with Crippen molar-refractivity contribution >= 4 is 102 Å². The predicted octanol–water partition coefficient (Wildman–Crippen LogP) is 14.8. The van der Waals surface area contributed by atoms with E-state index in [1.165, 1.54) is 29.6 Å². The number of ketones is 1. The highest BCUT2D eigenvalue weighted by Crippen LogP contribution is 2.47. The van der Waals surface area contributed by atoms with E-state index in [1.807, 2.05) is 41.3 Å². The summed E-state index contributed by atoms with van der Waals surface area (Å²) in [5, 5.41) is 24.4. The Labute approximate surface area is 647 Å². The number of nitriles is 1. The summed E-state index contributed by atoms with van der Waals surface area (Å²) in [6.45, 7) is 26.1. The number of methoxy groups -OCH3 is 1. The second-order valence-electron chi connectivity index (χ2n) is 29.4. The first-order valence-corrected chi connectivity index (χ1v) is 40.1. The number of sulfone groups is 1. The number of aryl methyl sites for hydroxylation is 1. The van der Waals surface area contributed by atoms with Crippen molar-refractivity contribution in [2.45, 2.75) is 126 Å². The van der Waals surface area contributed by atoms with Crippen molar-refractivity contribution < 1.29 is 31.8 Å². The number of piperazine rings is 1. The fraction of sp³-hybridized carbons (Fsp3) is 0.432. The van der Waals surface area contributed by atoms with E-state index in [0.29, 0.717) is 68.9 Å². The number of nitrogen functional groups attached to an aromatic ring is 1. The molecule has 0 amide bonds. The third-order valence-corrected chi connectivity index (χ3v) is 25.3. The summed E-state index contributed by atoms with van der Waals surface area (Å²) in [4.78, 5) is 43.3. The molecule has 1 atom stereocenters. The van der Waals surface area contributed by atoms with E-state index in [-0.39, 0.29) is 32.0 Å². The van der Waals surface area contributed by atoms with Crippen molar-refractivity contribution in [3.8, 4) is 28.7 Å². The summed E-state index contributed by atoms with van der Waals surface area (Å²) in [6, 6.07) is 31.2. The number of hydrogen-bond acceptors (Lipinski definition) is 20. The first-order valence-electron chi connectivity index (χ1n) is 37.4. The summed E-state index contributed by atoms with van der Waals surface area (Å²) in [5.74, 6) is 1.38. The number of para-hydroxylation sites is 1. The number of halogens is 4. The Kier molecular flexibility index (Phi) is 24.2. The van der Waals surface area contributed by atoms with Gasteiger partial charge in [0.05, 0.1) is 82.5 Å². The molecular weight excluding hydrogens is 1450 g/mol. The van der Waals surface area contributed by atoms with Crippen LogP contribution in [0.2, 0.25) is 15.1 Å². The molecule has 6 N–H and O–H groups in total. The highest BCUT2D eigenvalue weighted by molar-refractivity contribution is 7.92. The number of hydrogen-bond donors (Lipinski definition) is 5. The second-order valence-corrected chi connectivity index (χ2v) is 33.1. The molecule has 6 aliphatic rings. The first-order chi connectivity index (χ1) is 52.0. The molecule has 0 saturated carbocycles. The number of aromatic amines is 1. The predicted molar refractivity (Wildman–Crippen MR) is 428 cm³/mol. The molecule has 4 aromatic heterocycles. The Hall–Kier alpha value is -8.61. The molecule has 5 aromatic carbocycles. The maximum atomic E-state index is 13.9. The Morgan fingerprint density at radius 3 is 2.17 bits per heavy atom. The van der Waals surface area contributed by atoms with Crippen molar-refractivity contribution in [3.63, 3.8) is 0 Å². The van der Waals surface area contributed by atoms with Crippen molar-refractivity contribution in [3.05, 3.63) is 176 Å². The van der Waals surface area contributed by atoms with E-state index in [4.69, 9.17) is 54.7 Å². The van der Waals surface area contributed by atoms with Gasteiger partial charge in [-0.25, -0.2) is 22.8 Å². The van der Waals surface area contributed by atoms with Crippen molar-refractivity contribution in [2.75, 3.05) is 132 Å². The highest BCUT2D eigenvalue weighted by Gasteiger charge is 2.41. The number of piperidine rings is 3. The van der Waals surface area contributed by atoms with E-state index in [0.717, 1.165) is 187 Å². The Morgan fingerprint density at radius 1 is 0.769 bits per heavy atom. The Bertz CT molecular complexity index is 4880. The van der Waals surface area contributed by atoms with Crippen LogP contribution in [0.3, 0.4) is 0 Å². The number of likely N-dealkylation sites (N-methyl/N-ethyl adjacent to an activating group) is 1. The van der Waals surface area contributed by atoms with Gasteiger partial charge in [0.2, 0.25) is 5.95 Å². The maximum Gasteiger partial charge on any atom is 0.229 e. The van der Waals surface area contributed by atoms with Crippen LogP contribution in [-0.2, 0) is 26.4 Å². The molecule has 9 aromatic rings. The number of nitrogens with two attached hydrogens (primary N) is 1. The van der Waals surface area contributed by atoms with E-state index >= 15 is 0 Å². The van der Waals surface area contributed by atoms with Gasteiger partial charge in [-0.15, -0.1) is 0 Å². The average Bonchev–Trinajstić information content (AvgIpc) is 1.51. The standard InChI is InChI=1S/C30H40ClN7O3S.C30H34N4O2.C21H22Cl2FN5O/c1-21(2)42(39,40)28-8-6-5-7-26(28)33-29-24(31)20-32-30(35-29)34-25-10-9-23(19-27(25)41-4)37-13-11-22(12-14-37)38-17-15-36(3)16-18-38;1-4-20-16-23-24(17-26(20)34-9-7-21(8-10-34)33-11-13-36-14-12-33)30(2,3)29-27(28(23)35)22-6-5-19(18-31)15-25(22)32-29;1-12(19-16(22)2-3-17(24)20(19)23)30-18-8-13(9-27-21(18)25)14-10-28-29(11-14)15-4-6-26-7-5-15/h5-10,19-22H,11-18H2,1-4H3,(H2,32,33,34,35);5-6,15-17,21,32H,4,7-14H2,1-3H3;2-3,8-12,15,26H,4-7H2,1H3,(H2,25,27)/t;;12-/m..1/s1. The van der Waals surface area contributed by atoms with Gasteiger partial charge in [-0.05, 0) is 164 Å². The third-order valence-electron chi connectivity index (χ3n) is 22.1. The number of benzene rings is 5. The number of pyridine rings is 1. The monoisotopic (exact) mass is 1540 g/mol. The van der Waals surface area contributed by atoms with Gasteiger partial charge in [-0.3, -0.25) is 19.3 Å². The van der Waals surface area contributed by atoms with Crippen LogP contribution in [0, 0.1) is 17.1 Å². The zero-order valence-corrected chi connectivity index (χ0v) is 65.7. The molecule has 22 nitrogen and oxygen atoms in total. The lowest BCUT2D eigenvalue weighted by molar-refractivity contribution is 0.0115. The van der Waals surface area contributed by atoms with Crippen LogP contribution in [0.4, 0.5) is 44.7 Å². The largest absolute Gasteiger partial charge is 0.494 e. The number of fused-ring (bicyclic) bond motifs is 4. The number of carbonyl (C=O) groups excluding carboxylic acids is 1. The van der Waals surface area contributed by atoms with Gasteiger partial charge in [-0.1, -0.05) is 73.8 Å². The molecule has 1 aliphatic carbocycles. The normalized spacial score (nSPS) is 17.9. The molecule has 0 spiro atoms. The second kappa shape index (κ2) is 33.7. The number of H-pyrrole nitrogens is 1.